The standard InChI is InChI=1S/C13H19BrFN/c1-16(10-6-2-5-9-14)11-12-7-3-4-8-13(12)15/h3-4,7-8H,2,5-6,9-11H2,1H3. The third kappa shape index (κ3) is 5.08. The van der Waals surface area contributed by atoms with E-state index in [4.69, 9.17) is 0 Å². The van der Waals surface area contributed by atoms with Gasteiger partial charge >= 0.3 is 0 Å². The van der Waals surface area contributed by atoms with Gasteiger partial charge in [-0.2, -0.15) is 0 Å². The van der Waals surface area contributed by atoms with Crippen molar-refractivity contribution in [3.63, 3.8) is 0 Å². The van der Waals surface area contributed by atoms with Crippen LogP contribution in [0.25, 0.3) is 0 Å². The zero-order chi connectivity index (χ0) is 11.8. The van der Waals surface area contributed by atoms with Crippen molar-refractivity contribution in [1.82, 2.24) is 4.90 Å². The van der Waals surface area contributed by atoms with Crippen LogP contribution in [0.2, 0.25) is 0 Å². The number of hydrogen-bond donors (Lipinski definition) is 0. The summed E-state index contributed by atoms with van der Waals surface area (Å²) in [6, 6.07) is 6.99. The van der Waals surface area contributed by atoms with Crippen molar-refractivity contribution in [1.29, 1.82) is 0 Å². The van der Waals surface area contributed by atoms with Crippen molar-refractivity contribution in [3.8, 4) is 0 Å². The SMILES string of the molecule is CN(CCCCCBr)Cc1ccccc1F. The Kier molecular flexibility index (Phi) is 6.65. The molecule has 16 heavy (non-hydrogen) atoms. The van der Waals surface area contributed by atoms with Crippen molar-refractivity contribution in [2.75, 3.05) is 18.9 Å². The van der Waals surface area contributed by atoms with Crippen LogP contribution < -0.4 is 0 Å². The van der Waals surface area contributed by atoms with Gasteiger partial charge in [-0.05, 0) is 32.5 Å². The average molecular weight is 288 g/mol. The topological polar surface area (TPSA) is 3.24 Å². The fourth-order valence-electron chi connectivity index (χ4n) is 1.65. The Morgan fingerprint density at radius 1 is 1.19 bits per heavy atom. The van der Waals surface area contributed by atoms with Gasteiger partial charge in [0.15, 0.2) is 0 Å². The molecule has 1 aromatic carbocycles. The third-order valence-electron chi connectivity index (χ3n) is 2.57. The van der Waals surface area contributed by atoms with Gasteiger partial charge in [0.25, 0.3) is 0 Å². The number of halogens is 2. The molecule has 0 saturated carbocycles. The van der Waals surface area contributed by atoms with Crippen LogP contribution in [0.15, 0.2) is 24.3 Å². The van der Waals surface area contributed by atoms with E-state index < -0.39 is 0 Å². The molecular formula is C13H19BrFN. The van der Waals surface area contributed by atoms with E-state index in [0.29, 0.717) is 6.54 Å². The second kappa shape index (κ2) is 7.80. The summed E-state index contributed by atoms with van der Waals surface area (Å²) in [5.74, 6) is -0.102. The molecule has 0 heterocycles. The van der Waals surface area contributed by atoms with Gasteiger partial charge in [-0.15, -0.1) is 0 Å². The van der Waals surface area contributed by atoms with Gasteiger partial charge in [-0.3, -0.25) is 0 Å². The van der Waals surface area contributed by atoms with E-state index in [1.165, 1.54) is 25.3 Å². The van der Waals surface area contributed by atoms with Gasteiger partial charge in [-0.25, -0.2) is 4.39 Å². The molecule has 0 saturated heterocycles. The van der Waals surface area contributed by atoms with Crippen molar-refractivity contribution >= 4 is 15.9 Å². The predicted molar refractivity (Wildman–Crippen MR) is 70.4 cm³/mol. The molecule has 0 bridgehead atoms. The quantitative estimate of drug-likeness (QED) is 0.544. The second-order valence-corrected chi connectivity index (χ2v) is 4.87. The van der Waals surface area contributed by atoms with Crippen molar-refractivity contribution in [2.45, 2.75) is 25.8 Å². The highest BCUT2D eigenvalue weighted by atomic mass is 79.9. The first-order valence-corrected chi connectivity index (χ1v) is 6.84. The molecule has 0 aliphatic heterocycles. The van der Waals surface area contributed by atoms with E-state index >= 15 is 0 Å². The van der Waals surface area contributed by atoms with Crippen LogP contribution >= 0.6 is 15.9 Å². The maximum absolute atomic E-state index is 13.4. The summed E-state index contributed by atoms with van der Waals surface area (Å²) in [5, 5.41) is 1.07. The minimum absolute atomic E-state index is 0.102. The Hall–Kier alpha value is -0.410. The van der Waals surface area contributed by atoms with E-state index in [0.717, 1.165) is 17.4 Å². The van der Waals surface area contributed by atoms with Gasteiger partial charge in [0.1, 0.15) is 5.82 Å². The summed E-state index contributed by atoms with van der Waals surface area (Å²) < 4.78 is 13.4. The number of nitrogens with zero attached hydrogens (tertiary/aromatic N) is 1. The summed E-state index contributed by atoms with van der Waals surface area (Å²) in [5.41, 5.74) is 0.783. The zero-order valence-corrected chi connectivity index (χ0v) is 11.3. The smallest absolute Gasteiger partial charge is 0.127 e. The summed E-state index contributed by atoms with van der Waals surface area (Å²) in [6.45, 7) is 1.72. The first-order valence-electron chi connectivity index (χ1n) is 5.72. The predicted octanol–water partition coefficient (Wildman–Crippen LogP) is 3.82. The first-order chi connectivity index (χ1) is 7.74. The van der Waals surface area contributed by atoms with Crippen molar-refractivity contribution in [3.05, 3.63) is 35.6 Å². The van der Waals surface area contributed by atoms with Crippen LogP contribution in [-0.2, 0) is 6.54 Å². The Morgan fingerprint density at radius 3 is 2.62 bits per heavy atom. The maximum atomic E-state index is 13.4. The molecule has 1 nitrogen and oxygen atoms in total. The highest BCUT2D eigenvalue weighted by Crippen LogP contribution is 2.09. The minimum Gasteiger partial charge on any atom is -0.302 e. The Balaban J connectivity index is 2.28. The molecule has 0 unspecified atom stereocenters. The summed E-state index contributed by atoms with van der Waals surface area (Å²) in [7, 11) is 2.04. The maximum Gasteiger partial charge on any atom is 0.127 e. The lowest BCUT2D eigenvalue weighted by atomic mass is 10.2. The highest BCUT2D eigenvalue weighted by Gasteiger charge is 2.04. The van der Waals surface area contributed by atoms with Gasteiger partial charge in [0, 0.05) is 17.4 Å². The second-order valence-electron chi connectivity index (χ2n) is 4.08. The molecule has 0 aliphatic rings. The Morgan fingerprint density at radius 2 is 1.94 bits per heavy atom. The molecule has 1 rings (SSSR count). The normalized spacial score (nSPS) is 11.0. The average Bonchev–Trinajstić information content (AvgIpc) is 2.28. The van der Waals surface area contributed by atoms with Crippen LogP contribution in [0.4, 0.5) is 4.39 Å². The van der Waals surface area contributed by atoms with E-state index in [-0.39, 0.29) is 5.82 Å². The van der Waals surface area contributed by atoms with Crippen LogP contribution in [0.5, 0.6) is 0 Å². The minimum atomic E-state index is -0.102. The number of alkyl halides is 1. The molecular weight excluding hydrogens is 269 g/mol. The molecule has 0 aliphatic carbocycles. The molecule has 1 aromatic rings. The molecule has 0 radical (unpaired) electrons. The first kappa shape index (κ1) is 13.7. The van der Waals surface area contributed by atoms with E-state index in [1.54, 1.807) is 6.07 Å². The van der Waals surface area contributed by atoms with Crippen LogP contribution in [0, 0.1) is 5.82 Å². The van der Waals surface area contributed by atoms with Gasteiger partial charge in [0.2, 0.25) is 0 Å². The summed E-state index contributed by atoms with van der Waals surface area (Å²) >= 11 is 3.42. The van der Waals surface area contributed by atoms with E-state index in [1.807, 2.05) is 19.2 Å². The monoisotopic (exact) mass is 287 g/mol. The fourth-order valence-corrected chi connectivity index (χ4v) is 2.05. The highest BCUT2D eigenvalue weighted by molar-refractivity contribution is 9.09. The lowest BCUT2D eigenvalue weighted by Gasteiger charge is -2.16. The Labute approximate surface area is 106 Å². The van der Waals surface area contributed by atoms with E-state index in [2.05, 4.69) is 20.8 Å². The lowest BCUT2D eigenvalue weighted by Crippen LogP contribution is -2.19. The molecule has 0 aromatic heterocycles. The van der Waals surface area contributed by atoms with Crippen molar-refractivity contribution in [2.24, 2.45) is 0 Å². The molecule has 90 valence electrons. The lowest BCUT2D eigenvalue weighted by molar-refractivity contribution is 0.313. The molecule has 0 spiro atoms. The van der Waals surface area contributed by atoms with Gasteiger partial charge < -0.3 is 4.90 Å². The van der Waals surface area contributed by atoms with Gasteiger partial charge in [0.05, 0.1) is 0 Å². The molecule has 0 N–H and O–H groups in total. The van der Waals surface area contributed by atoms with Crippen molar-refractivity contribution < 1.29 is 4.39 Å². The summed E-state index contributed by atoms with van der Waals surface area (Å²) in [6.07, 6.45) is 3.62. The molecule has 0 fully saturated rings. The Bertz CT molecular complexity index is 304. The zero-order valence-electron chi connectivity index (χ0n) is 9.76. The number of hydrogen-bond acceptors (Lipinski definition) is 1. The fraction of sp³-hybridized carbons (Fsp3) is 0.538. The molecule has 0 atom stereocenters. The van der Waals surface area contributed by atoms with Crippen LogP contribution in [0.3, 0.4) is 0 Å². The summed E-state index contributed by atoms with van der Waals surface area (Å²) in [4.78, 5) is 2.17. The molecule has 3 heteroatoms. The molecule has 0 amide bonds. The van der Waals surface area contributed by atoms with Crippen LogP contribution in [0.1, 0.15) is 24.8 Å². The largest absolute Gasteiger partial charge is 0.302 e. The van der Waals surface area contributed by atoms with Gasteiger partial charge in [-0.1, -0.05) is 40.5 Å². The van der Waals surface area contributed by atoms with E-state index in [9.17, 15) is 4.39 Å². The van der Waals surface area contributed by atoms with Crippen LogP contribution in [-0.4, -0.2) is 23.8 Å². The number of unbranched alkanes of at least 4 members (excludes halogenated alkanes) is 2. The third-order valence-corrected chi connectivity index (χ3v) is 3.13. The number of benzene rings is 1. The number of rotatable bonds is 7.